The summed E-state index contributed by atoms with van der Waals surface area (Å²) in [6, 6.07) is 6.92. The van der Waals surface area contributed by atoms with E-state index in [9.17, 15) is 13.2 Å². The van der Waals surface area contributed by atoms with Crippen molar-refractivity contribution in [2.24, 2.45) is 4.99 Å². The van der Waals surface area contributed by atoms with Crippen LogP contribution in [0.1, 0.15) is 32.3 Å². The molecule has 31 heavy (non-hydrogen) atoms. The number of nitrogens with one attached hydrogen (secondary N) is 3. The standard InChI is InChI=1S/C20H33N5O4S.HI/c1-4-21-19(24-17-10-14-25(15-11-17)20(26)29-5-2)22-12-13-23-30(27,28)18-8-6-16(3)7-9-18;/h6-9,17,23H,4-5,10-15H2,1-3H3,(H2,21,22,24);1H. The topological polar surface area (TPSA) is 112 Å². The Balaban J connectivity index is 0.00000480. The maximum absolute atomic E-state index is 12.3. The fourth-order valence-electron chi connectivity index (χ4n) is 3.08. The SMILES string of the molecule is CCNC(=NCCNS(=O)(=O)c1ccc(C)cc1)NC1CCN(C(=O)OCC)CC1.I. The van der Waals surface area contributed by atoms with Crippen molar-refractivity contribution in [1.29, 1.82) is 0 Å². The quantitative estimate of drug-likeness (QED) is 0.192. The number of guanidine groups is 1. The maximum Gasteiger partial charge on any atom is 0.409 e. The molecule has 1 fully saturated rings. The molecule has 0 atom stereocenters. The maximum atomic E-state index is 12.3. The minimum absolute atomic E-state index is 0. The van der Waals surface area contributed by atoms with Crippen LogP contribution < -0.4 is 15.4 Å². The second kappa shape index (κ2) is 13.7. The van der Waals surface area contributed by atoms with E-state index >= 15 is 0 Å². The monoisotopic (exact) mass is 567 g/mol. The summed E-state index contributed by atoms with van der Waals surface area (Å²) in [5.74, 6) is 0.640. The van der Waals surface area contributed by atoms with Gasteiger partial charge in [0.15, 0.2) is 5.96 Å². The number of rotatable bonds is 8. The number of aliphatic imine (C=N–C) groups is 1. The molecule has 1 aliphatic heterocycles. The molecule has 1 saturated heterocycles. The van der Waals surface area contributed by atoms with Gasteiger partial charge in [0.2, 0.25) is 10.0 Å². The van der Waals surface area contributed by atoms with Crippen molar-refractivity contribution >= 4 is 46.1 Å². The number of hydrogen-bond donors (Lipinski definition) is 3. The van der Waals surface area contributed by atoms with Crippen molar-refractivity contribution in [2.75, 3.05) is 39.3 Å². The summed E-state index contributed by atoms with van der Waals surface area (Å²) < 4.78 is 32.3. The number of likely N-dealkylation sites (tertiary alicyclic amines) is 1. The Hall–Kier alpha value is -1.60. The number of ether oxygens (including phenoxy) is 1. The molecule has 0 unspecified atom stereocenters. The molecule has 1 aromatic rings. The Morgan fingerprint density at radius 1 is 1.19 bits per heavy atom. The lowest BCUT2D eigenvalue weighted by Gasteiger charge is -2.32. The largest absolute Gasteiger partial charge is 0.450 e. The summed E-state index contributed by atoms with van der Waals surface area (Å²) in [5, 5.41) is 6.54. The highest BCUT2D eigenvalue weighted by atomic mass is 127. The summed E-state index contributed by atoms with van der Waals surface area (Å²) in [4.78, 5) is 18.2. The van der Waals surface area contributed by atoms with E-state index in [0.29, 0.717) is 38.7 Å². The minimum Gasteiger partial charge on any atom is -0.450 e. The van der Waals surface area contributed by atoms with Crippen molar-refractivity contribution in [3.05, 3.63) is 29.8 Å². The van der Waals surface area contributed by atoms with Crippen LogP contribution in [0.2, 0.25) is 0 Å². The van der Waals surface area contributed by atoms with Gasteiger partial charge >= 0.3 is 6.09 Å². The van der Waals surface area contributed by atoms with Gasteiger partial charge in [0.25, 0.3) is 0 Å². The molecule has 3 N–H and O–H groups in total. The van der Waals surface area contributed by atoms with Crippen LogP contribution in [-0.2, 0) is 14.8 Å². The van der Waals surface area contributed by atoms with Crippen LogP contribution in [0, 0.1) is 6.92 Å². The molecule has 9 nitrogen and oxygen atoms in total. The number of nitrogens with zero attached hydrogens (tertiary/aromatic N) is 2. The number of carbonyl (C=O) groups is 1. The fraction of sp³-hybridized carbons (Fsp3) is 0.600. The third kappa shape index (κ3) is 9.19. The highest BCUT2D eigenvalue weighted by Crippen LogP contribution is 2.12. The molecule has 0 radical (unpaired) electrons. The van der Waals surface area contributed by atoms with Crippen molar-refractivity contribution in [2.45, 2.75) is 44.6 Å². The molecule has 0 saturated carbocycles. The average molecular weight is 567 g/mol. The van der Waals surface area contributed by atoms with E-state index in [1.807, 2.05) is 13.8 Å². The van der Waals surface area contributed by atoms with E-state index in [1.165, 1.54) is 0 Å². The predicted molar refractivity (Wildman–Crippen MR) is 133 cm³/mol. The molecule has 176 valence electrons. The van der Waals surface area contributed by atoms with Gasteiger partial charge in [-0.05, 0) is 45.7 Å². The first-order valence-electron chi connectivity index (χ1n) is 10.4. The third-order valence-corrected chi connectivity index (χ3v) is 6.19. The van der Waals surface area contributed by atoms with Crippen molar-refractivity contribution in [3.8, 4) is 0 Å². The van der Waals surface area contributed by atoms with Crippen molar-refractivity contribution < 1.29 is 17.9 Å². The number of aryl methyl sites for hydroxylation is 1. The molecular weight excluding hydrogens is 533 g/mol. The lowest BCUT2D eigenvalue weighted by molar-refractivity contribution is 0.0963. The zero-order valence-corrected chi connectivity index (χ0v) is 21.5. The van der Waals surface area contributed by atoms with Crippen LogP contribution in [0.3, 0.4) is 0 Å². The van der Waals surface area contributed by atoms with Gasteiger partial charge in [-0.15, -0.1) is 24.0 Å². The van der Waals surface area contributed by atoms with Crippen molar-refractivity contribution in [1.82, 2.24) is 20.3 Å². The van der Waals surface area contributed by atoms with E-state index in [4.69, 9.17) is 4.74 Å². The summed E-state index contributed by atoms with van der Waals surface area (Å²) in [7, 11) is -3.54. The average Bonchev–Trinajstić information content (AvgIpc) is 2.72. The first-order chi connectivity index (χ1) is 14.4. The van der Waals surface area contributed by atoms with E-state index in [0.717, 1.165) is 18.4 Å². The molecule has 1 aromatic carbocycles. The lowest BCUT2D eigenvalue weighted by atomic mass is 10.1. The smallest absolute Gasteiger partial charge is 0.409 e. The fourth-order valence-corrected chi connectivity index (χ4v) is 4.10. The van der Waals surface area contributed by atoms with E-state index in [2.05, 4.69) is 20.3 Å². The van der Waals surface area contributed by atoms with Crippen LogP contribution in [0.15, 0.2) is 34.2 Å². The van der Waals surface area contributed by atoms with E-state index in [-0.39, 0.29) is 47.6 Å². The molecule has 0 aromatic heterocycles. The second-order valence-electron chi connectivity index (χ2n) is 7.08. The zero-order valence-electron chi connectivity index (χ0n) is 18.4. The van der Waals surface area contributed by atoms with Gasteiger partial charge in [-0.25, -0.2) is 17.9 Å². The van der Waals surface area contributed by atoms with Crippen LogP contribution in [0.25, 0.3) is 0 Å². The summed E-state index contributed by atoms with van der Waals surface area (Å²) in [6.07, 6.45) is 1.32. The van der Waals surface area contributed by atoms with Crippen LogP contribution in [-0.4, -0.2) is 70.7 Å². The summed E-state index contributed by atoms with van der Waals surface area (Å²) in [5.41, 5.74) is 1.01. The Labute approximate surface area is 202 Å². The summed E-state index contributed by atoms with van der Waals surface area (Å²) in [6.45, 7) is 8.53. The lowest BCUT2D eigenvalue weighted by Crippen LogP contribution is -2.50. The number of benzene rings is 1. The molecule has 11 heteroatoms. The first kappa shape index (κ1) is 27.4. The second-order valence-corrected chi connectivity index (χ2v) is 8.84. The summed E-state index contributed by atoms with van der Waals surface area (Å²) >= 11 is 0. The number of hydrogen-bond acceptors (Lipinski definition) is 5. The van der Waals surface area contributed by atoms with E-state index < -0.39 is 10.0 Å². The number of halogens is 1. The van der Waals surface area contributed by atoms with Crippen LogP contribution >= 0.6 is 24.0 Å². The Morgan fingerprint density at radius 2 is 1.84 bits per heavy atom. The number of sulfonamides is 1. The van der Waals surface area contributed by atoms with Gasteiger partial charge in [0.05, 0.1) is 18.0 Å². The molecule has 2 rings (SSSR count). The van der Waals surface area contributed by atoms with Crippen LogP contribution in [0.5, 0.6) is 0 Å². The van der Waals surface area contributed by atoms with E-state index in [1.54, 1.807) is 36.1 Å². The number of amides is 1. The van der Waals surface area contributed by atoms with Crippen molar-refractivity contribution in [3.63, 3.8) is 0 Å². The highest BCUT2D eigenvalue weighted by molar-refractivity contribution is 14.0. The van der Waals surface area contributed by atoms with Gasteiger partial charge in [-0.2, -0.15) is 0 Å². The predicted octanol–water partition coefficient (Wildman–Crippen LogP) is 2.07. The molecule has 1 aliphatic rings. The first-order valence-corrected chi connectivity index (χ1v) is 11.9. The third-order valence-electron chi connectivity index (χ3n) is 4.71. The molecule has 1 heterocycles. The minimum atomic E-state index is -3.54. The zero-order chi connectivity index (χ0) is 22.0. The Morgan fingerprint density at radius 3 is 2.42 bits per heavy atom. The highest BCUT2D eigenvalue weighted by Gasteiger charge is 2.24. The van der Waals surface area contributed by atoms with Crippen LogP contribution in [0.4, 0.5) is 4.79 Å². The van der Waals surface area contributed by atoms with Gasteiger partial charge in [-0.1, -0.05) is 17.7 Å². The van der Waals surface area contributed by atoms with Gasteiger partial charge in [0, 0.05) is 32.2 Å². The molecule has 1 amide bonds. The molecule has 0 spiro atoms. The Bertz CT molecular complexity index is 809. The van der Waals surface area contributed by atoms with Gasteiger partial charge in [0.1, 0.15) is 0 Å². The normalized spacial score (nSPS) is 15.2. The molecule has 0 bridgehead atoms. The Kier molecular flexibility index (Phi) is 12.2. The number of piperidine rings is 1. The van der Waals surface area contributed by atoms with Gasteiger partial charge in [-0.3, -0.25) is 4.99 Å². The van der Waals surface area contributed by atoms with Gasteiger partial charge < -0.3 is 20.3 Å². The number of carbonyl (C=O) groups excluding carboxylic acids is 1. The molecular formula is C20H34IN5O4S. The molecule has 0 aliphatic carbocycles.